The molecule has 0 fully saturated rings. The van der Waals surface area contributed by atoms with Gasteiger partial charge in [-0.3, -0.25) is 4.79 Å². The van der Waals surface area contributed by atoms with Gasteiger partial charge in [0.15, 0.2) is 5.96 Å². The lowest BCUT2D eigenvalue weighted by Gasteiger charge is -2.38. The van der Waals surface area contributed by atoms with Crippen molar-refractivity contribution in [1.29, 1.82) is 0 Å². The van der Waals surface area contributed by atoms with Gasteiger partial charge in [0.05, 0.1) is 5.69 Å². The maximum absolute atomic E-state index is 12.3. The lowest BCUT2D eigenvalue weighted by atomic mass is 9.85. The third kappa shape index (κ3) is 7.85. The number of aromatic hydroxyl groups is 1. The lowest BCUT2D eigenvalue weighted by molar-refractivity contribution is -0.111. The zero-order valence-corrected chi connectivity index (χ0v) is 25.1. The number of nitrogens with two attached hydrogens (primary N) is 2. The largest absolute Gasteiger partial charge is 0.507 e. The average molecular weight is 573 g/mol. The highest BCUT2D eigenvalue weighted by Gasteiger charge is 2.34. The van der Waals surface area contributed by atoms with Gasteiger partial charge < -0.3 is 26.6 Å². The number of hydrogen-bond acceptors (Lipinski definition) is 5. The highest BCUT2D eigenvalue weighted by atomic mass is 32.2. The van der Waals surface area contributed by atoms with E-state index in [1.807, 2.05) is 68.9 Å². The van der Waals surface area contributed by atoms with Crippen molar-refractivity contribution in [2.45, 2.75) is 70.3 Å². The van der Waals surface area contributed by atoms with Gasteiger partial charge in [-0.05, 0) is 130 Å². The molecule has 3 aromatic rings. The number of fused-ring (bicyclic) bond motifs is 1. The molecule has 7 nitrogen and oxygen atoms in total. The Labute approximate surface area is 247 Å². The number of rotatable bonds is 10. The number of ether oxygens (including phenoxy) is 1. The molecule has 0 saturated heterocycles. The summed E-state index contributed by atoms with van der Waals surface area (Å²) in [5.41, 5.74) is 17.0. The van der Waals surface area contributed by atoms with Gasteiger partial charge in [0.2, 0.25) is 5.91 Å². The summed E-state index contributed by atoms with van der Waals surface area (Å²) in [6, 6.07) is 15.2. The number of benzene rings is 3. The molecule has 6 N–H and O–H groups in total. The number of carbonyl (C=O) groups is 1. The van der Waals surface area contributed by atoms with E-state index in [9.17, 15) is 9.90 Å². The fraction of sp³-hybridized carbons (Fsp3) is 0.333. The molecule has 1 aliphatic rings. The Bertz CT molecular complexity index is 1450. The Kier molecular flexibility index (Phi) is 9.65. The second kappa shape index (κ2) is 13.2. The number of aliphatic imine (C=N–C) groups is 1. The minimum Gasteiger partial charge on any atom is -0.507 e. The third-order valence-electron chi connectivity index (χ3n) is 7.66. The van der Waals surface area contributed by atoms with Crippen LogP contribution in [0.3, 0.4) is 0 Å². The van der Waals surface area contributed by atoms with Gasteiger partial charge in [0, 0.05) is 22.2 Å². The minimum atomic E-state index is -0.197. The smallest absolute Gasteiger partial charge is 0.248 e. The van der Waals surface area contributed by atoms with Crippen molar-refractivity contribution in [2.75, 3.05) is 11.1 Å². The van der Waals surface area contributed by atoms with Gasteiger partial charge in [-0.15, -0.1) is 11.8 Å². The van der Waals surface area contributed by atoms with E-state index in [4.69, 9.17) is 16.2 Å². The van der Waals surface area contributed by atoms with Gasteiger partial charge in [-0.25, -0.2) is 4.99 Å². The Morgan fingerprint density at radius 3 is 2.44 bits per heavy atom. The quantitative estimate of drug-likeness (QED) is 0.0687. The summed E-state index contributed by atoms with van der Waals surface area (Å²) in [7, 11) is 0. The summed E-state index contributed by atoms with van der Waals surface area (Å²) in [5, 5.41) is 13.3. The van der Waals surface area contributed by atoms with Crippen LogP contribution in [0.1, 0.15) is 60.4 Å². The van der Waals surface area contributed by atoms with Crippen LogP contribution in [0.2, 0.25) is 0 Å². The summed E-state index contributed by atoms with van der Waals surface area (Å²) in [4.78, 5) is 17.5. The number of hydrogen-bond donors (Lipinski definition) is 4. The van der Waals surface area contributed by atoms with E-state index in [2.05, 4.69) is 17.2 Å². The Morgan fingerprint density at radius 1 is 1.05 bits per heavy atom. The second-order valence-corrected chi connectivity index (χ2v) is 12.0. The average Bonchev–Trinajstić information content (AvgIpc) is 2.95. The fourth-order valence-corrected chi connectivity index (χ4v) is 5.97. The van der Waals surface area contributed by atoms with E-state index in [1.165, 1.54) is 11.0 Å². The van der Waals surface area contributed by atoms with Gasteiger partial charge in [0.25, 0.3) is 0 Å². The molecule has 8 heteroatoms. The maximum Gasteiger partial charge on any atom is 0.248 e. The number of amides is 1. The van der Waals surface area contributed by atoms with E-state index in [0.29, 0.717) is 11.4 Å². The zero-order chi connectivity index (χ0) is 29.6. The number of phenols is 1. The topological polar surface area (TPSA) is 123 Å². The van der Waals surface area contributed by atoms with Crippen molar-refractivity contribution in [3.63, 3.8) is 0 Å². The first-order valence-corrected chi connectivity index (χ1v) is 15.0. The van der Waals surface area contributed by atoms with Gasteiger partial charge in [-0.1, -0.05) is 12.1 Å². The predicted molar refractivity (Wildman–Crippen MR) is 170 cm³/mol. The molecular weight excluding hydrogens is 532 g/mol. The van der Waals surface area contributed by atoms with Crippen molar-refractivity contribution >= 4 is 41.1 Å². The molecule has 1 aliphatic heterocycles. The molecular formula is C33H40N4O3S. The standard InChI is InChI=1S/C33H40N4O3S/c1-21-22(2)31-28(23(3)30(21)39)17-19-33(4,40-31)18-5-6-20-41-27-14-12-25(13-15-27)36-29(38)16-9-24-7-10-26(11-8-24)37-32(34)35/h7-16,39H,5-6,17-20H2,1-4H3,(H,36,38)(H4,34,35,37). The molecule has 0 saturated carbocycles. The van der Waals surface area contributed by atoms with Crippen molar-refractivity contribution < 1.29 is 14.6 Å². The Hall–Kier alpha value is -3.91. The van der Waals surface area contributed by atoms with Crippen LogP contribution in [-0.4, -0.2) is 28.3 Å². The van der Waals surface area contributed by atoms with Crippen LogP contribution in [0.4, 0.5) is 11.4 Å². The number of guanidine groups is 1. The summed E-state index contributed by atoms with van der Waals surface area (Å²) in [5.74, 6) is 2.21. The first-order valence-electron chi connectivity index (χ1n) is 14.0. The third-order valence-corrected chi connectivity index (χ3v) is 8.76. The van der Waals surface area contributed by atoms with Crippen molar-refractivity contribution in [3.8, 4) is 11.5 Å². The predicted octanol–water partition coefficient (Wildman–Crippen LogP) is 6.92. The summed E-state index contributed by atoms with van der Waals surface area (Å²) < 4.78 is 6.57. The number of thioether (sulfide) groups is 1. The lowest BCUT2D eigenvalue weighted by Crippen LogP contribution is -2.37. The molecule has 1 atom stereocenters. The molecule has 0 bridgehead atoms. The molecule has 0 aromatic heterocycles. The number of phenolic OH excluding ortho intramolecular Hbond substituents is 1. The highest BCUT2D eigenvalue weighted by Crippen LogP contribution is 2.44. The first kappa shape index (κ1) is 30.1. The van der Waals surface area contributed by atoms with Crippen molar-refractivity contribution in [2.24, 2.45) is 16.5 Å². The normalized spacial score (nSPS) is 16.2. The zero-order valence-electron chi connectivity index (χ0n) is 24.3. The summed E-state index contributed by atoms with van der Waals surface area (Å²) >= 11 is 1.82. The van der Waals surface area contributed by atoms with Crippen LogP contribution in [0.5, 0.6) is 11.5 Å². The number of nitrogens with one attached hydrogen (secondary N) is 1. The number of carbonyl (C=O) groups excluding carboxylic acids is 1. The first-order chi connectivity index (χ1) is 19.5. The van der Waals surface area contributed by atoms with Crippen LogP contribution in [0.15, 0.2) is 64.5 Å². The number of unbranched alkanes of at least 4 members (excludes halogenated alkanes) is 1. The fourth-order valence-electron chi connectivity index (χ4n) is 5.06. The minimum absolute atomic E-state index is 0.00634. The van der Waals surface area contributed by atoms with Crippen molar-refractivity contribution in [3.05, 3.63) is 82.4 Å². The highest BCUT2D eigenvalue weighted by molar-refractivity contribution is 7.99. The Morgan fingerprint density at radius 2 is 1.76 bits per heavy atom. The Balaban J connectivity index is 1.19. The van der Waals surface area contributed by atoms with E-state index in [-0.39, 0.29) is 17.5 Å². The monoisotopic (exact) mass is 572 g/mol. The molecule has 1 heterocycles. The van der Waals surface area contributed by atoms with E-state index in [0.717, 1.165) is 77.1 Å². The van der Waals surface area contributed by atoms with Crippen LogP contribution >= 0.6 is 11.8 Å². The number of anilines is 1. The van der Waals surface area contributed by atoms with Gasteiger partial charge in [-0.2, -0.15) is 0 Å². The molecule has 0 radical (unpaired) electrons. The molecule has 0 spiro atoms. The molecule has 41 heavy (non-hydrogen) atoms. The van der Waals surface area contributed by atoms with Crippen molar-refractivity contribution in [1.82, 2.24) is 0 Å². The van der Waals surface area contributed by atoms with Crippen LogP contribution in [0.25, 0.3) is 6.08 Å². The van der Waals surface area contributed by atoms with Gasteiger partial charge >= 0.3 is 0 Å². The van der Waals surface area contributed by atoms with E-state index < -0.39 is 0 Å². The maximum atomic E-state index is 12.3. The summed E-state index contributed by atoms with van der Waals surface area (Å²) in [6.07, 6.45) is 8.33. The van der Waals surface area contributed by atoms with Crippen LogP contribution < -0.4 is 21.5 Å². The second-order valence-electron chi connectivity index (χ2n) is 10.9. The van der Waals surface area contributed by atoms with Gasteiger partial charge in [0.1, 0.15) is 17.1 Å². The summed E-state index contributed by atoms with van der Waals surface area (Å²) in [6.45, 7) is 8.20. The molecule has 216 valence electrons. The van der Waals surface area contributed by atoms with E-state index in [1.54, 1.807) is 18.2 Å². The van der Waals surface area contributed by atoms with E-state index >= 15 is 0 Å². The van der Waals surface area contributed by atoms with Crippen LogP contribution in [-0.2, 0) is 11.2 Å². The number of nitrogens with zero attached hydrogens (tertiary/aromatic N) is 1. The molecule has 3 aromatic carbocycles. The molecule has 4 rings (SSSR count). The van der Waals surface area contributed by atoms with Crippen LogP contribution in [0, 0.1) is 20.8 Å². The molecule has 1 amide bonds. The molecule has 1 unspecified atom stereocenters. The molecule has 0 aliphatic carbocycles. The SMILES string of the molecule is Cc1c(C)c2c(c(C)c1O)CCC(C)(CCCCSc1ccc(NC(=O)C=Cc3ccc(N=C(N)N)cc3)cc1)O2.